The highest BCUT2D eigenvalue weighted by molar-refractivity contribution is 5.87. The highest BCUT2D eigenvalue weighted by Crippen LogP contribution is 2.15. The largest absolute Gasteiger partial charge is 0.478 e. The summed E-state index contributed by atoms with van der Waals surface area (Å²) in [7, 11) is 0. The number of aliphatic hydroxyl groups excluding tert-OH is 1. The minimum absolute atomic E-state index is 0.0476. The number of hydrogen-bond donors (Lipinski definition) is 3. The maximum absolute atomic E-state index is 10.3. The van der Waals surface area contributed by atoms with Gasteiger partial charge in [0.15, 0.2) is 0 Å². The Hall–Kier alpha value is -1.59. The zero-order chi connectivity index (χ0) is 16.5. The van der Waals surface area contributed by atoms with Gasteiger partial charge in [-0.1, -0.05) is 27.7 Å². The van der Waals surface area contributed by atoms with Crippen LogP contribution < -0.4 is 5.73 Å². The standard InChI is InChI=1S/C9H21NO.C7H7NO2/c1-5-10(6-2)7-9(3,4)8-11;8-6-3-1-5(2-4-6)7(9)10/h11H,5-8H2,1-4H3;1-4H,8H2,(H,9,10). The minimum atomic E-state index is -0.931. The number of nitrogen functional groups attached to an aromatic ring is 1. The van der Waals surface area contributed by atoms with Gasteiger partial charge in [-0.15, -0.1) is 0 Å². The van der Waals surface area contributed by atoms with E-state index in [1.54, 1.807) is 12.1 Å². The second-order valence-electron chi connectivity index (χ2n) is 5.71. The van der Waals surface area contributed by atoms with Crippen molar-refractivity contribution in [2.45, 2.75) is 27.7 Å². The van der Waals surface area contributed by atoms with Gasteiger partial charge in [-0.3, -0.25) is 0 Å². The van der Waals surface area contributed by atoms with Crippen LogP contribution in [-0.2, 0) is 0 Å². The van der Waals surface area contributed by atoms with E-state index >= 15 is 0 Å². The van der Waals surface area contributed by atoms with E-state index in [0.717, 1.165) is 19.6 Å². The number of aromatic carboxylic acids is 1. The molecule has 0 amide bonds. The predicted molar refractivity (Wildman–Crippen MR) is 86.5 cm³/mol. The molecule has 1 aromatic carbocycles. The molecule has 0 fully saturated rings. The van der Waals surface area contributed by atoms with E-state index in [1.807, 2.05) is 0 Å². The summed E-state index contributed by atoms with van der Waals surface area (Å²) in [5.41, 5.74) is 6.21. The third-order valence-corrected chi connectivity index (χ3v) is 3.13. The second-order valence-corrected chi connectivity index (χ2v) is 5.71. The number of benzene rings is 1. The van der Waals surface area contributed by atoms with Crippen molar-refractivity contribution in [1.29, 1.82) is 0 Å². The smallest absolute Gasteiger partial charge is 0.335 e. The first kappa shape index (κ1) is 19.4. The zero-order valence-corrected chi connectivity index (χ0v) is 13.5. The molecule has 0 aliphatic heterocycles. The summed E-state index contributed by atoms with van der Waals surface area (Å²) in [6, 6.07) is 6.06. The molecule has 0 heterocycles. The SMILES string of the molecule is CCN(CC)CC(C)(C)CO.Nc1ccc(C(=O)O)cc1. The minimum Gasteiger partial charge on any atom is -0.478 e. The molecule has 0 bridgehead atoms. The first-order valence-corrected chi connectivity index (χ1v) is 7.17. The van der Waals surface area contributed by atoms with Crippen molar-refractivity contribution in [3.63, 3.8) is 0 Å². The summed E-state index contributed by atoms with van der Waals surface area (Å²) in [5.74, 6) is -0.931. The van der Waals surface area contributed by atoms with Crippen molar-refractivity contribution in [3.05, 3.63) is 29.8 Å². The lowest BCUT2D eigenvalue weighted by Gasteiger charge is -2.29. The molecule has 4 N–H and O–H groups in total. The average molecular weight is 296 g/mol. The lowest BCUT2D eigenvalue weighted by molar-refractivity contribution is 0.0697. The lowest BCUT2D eigenvalue weighted by atomic mass is 9.94. The highest BCUT2D eigenvalue weighted by Gasteiger charge is 2.18. The summed E-state index contributed by atoms with van der Waals surface area (Å²) in [4.78, 5) is 12.6. The number of anilines is 1. The predicted octanol–water partition coefficient (Wildman–Crippen LogP) is 2.31. The van der Waals surface area contributed by atoms with Gasteiger partial charge in [-0.05, 0) is 37.4 Å². The normalized spacial score (nSPS) is 11.0. The molecule has 0 saturated heterocycles. The average Bonchev–Trinajstić information content (AvgIpc) is 2.46. The van der Waals surface area contributed by atoms with Gasteiger partial charge in [0.25, 0.3) is 0 Å². The molecule has 0 aromatic heterocycles. The van der Waals surface area contributed by atoms with Gasteiger partial charge in [0, 0.05) is 24.3 Å². The summed E-state index contributed by atoms with van der Waals surface area (Å²) in [5, 5.41) is 17.4. The molecule has 0 spiro atoms. The number of carboxylic acid groups (broad SMARTS) is 1. The van der Waals surface area contributed by atoms with Crippen molar-refractivity contribution in [3.8, 4) is 0 Å². The molecule has 1 aromatic rings. The van der Waals surface area contributed by atoms with Crippen LogP contribution in [0.2, 0.25) is 0 Å². The van der Waals surface area contributed by atoms with Crippen LogP contribution in [0.4, 0.5) is 5.69 Å². The lowest BCUT2D eigenvalue weighted by Crippen LogP contribution is -2.36. The van der Waals surface area contributed by atoms with E-state index in [2.05, 4.69) is 32.6 Å². The Morgan fingerprint density at radius 3 is 2.00 bits per heavy atom. The fraction of sp³-hybridized carbons (Fsp3) is 0.562. The third-order valence-electron chi connectivity index (χ3n) is 3.13. The maximum atomic E-state index is 10.3. The van der Waals surface area contributed by atoms with Gasteiger partial charge in [-0.25, -0.2) is 4.79 Å². The molecule has 120 valence electrons. The molecule has 5 heteroatoms. The molecule has 1 rings (SSSR count). The maximum Gasteiger partial charge on any atom is 0.335 e. The van der Waals surface area contributed by atoms with Crippen molar-refractivity contribution < 1.29 is 15.0 Å². The van der Waals surface area contributed by atoms with E-state index in [1.165, 1.54) is 12.1 Å². The molecule has 0 aliphatic carbocycles. The van der Waals surface area contributed by atoms with Crippen molar-refractivity contribution in [2.24, 2.45) is 5.41 Å². The van der Waals surface area contributed by atoms with Crippen LogP contribution in [0, 0.1) is 5.41 Å². The Labute approximate surface area is 127 Å². The summed E-state index contributed by atoms with van der Waals surface area (Å²) in [6.45, 7) is 11.9. The Morgan fingerprint density at radius 1 is 1.19 bits per heavy atom. The molecule has 0 radical (unpaired) electrons. The van der Waals surface area contributed by atoms with Gasteiger partial charge < -0.3 is 20.8 Å². The topological polar surface area (TPSA) is 86.8 Å². The number of aliphatic hydroxyl groups is 1. The van der Waals surface area contributed by atoms with Gasteiger partial charge >= 0.3 is 5.97 Å². The molecular formula is C16H28N2O3. The number of carboxylic acids is 1. The fourth-order valence-corrected chi connectivity index (χ4v) is 1.73. The van der Waals surface area contributed by atoms with Crippen molar-refractivity contribution in [1.82, 2.24) is 4.90 Å². The van der Waals surface area contributed by atoms with Crippen LogP contribution in [-0.4, -0.2) is 47.3 Å². The molecule has 0 aliphatic rings. The Kier molecular flexibility index (Phi) is 8.66. The Morgan fingerprint density at radius 2 is 1.67 bits per heavy atom. The van der Waals surface area contributed by atoms with Crippen molar-refractivity contribution >= 4 is 11.7 Å². The Bertz CT molecular complexity index is 412. The first-order valence-electron chi connectivity index (χ1n) is 7.17. The van der Waals surface area contributed by atoms with Gasteiger partial charge in [0.1, 0.15) is 0 Å². The van der Waals surface area contributed by atoms with E-state index in [0.29, 0.717) is 5.69 Å². The Balaban J connectivity index is 0.000000382. The van der Waals surface area contributed by atoms with Gasteiger partial charge in [-0.2, -0.15) is 0 Å². The van der Waals surface area contributed by atoms with E-state index < -0.39 is 5.97 Å². The van der Waals surface area contributed by atoms with Crippen LogP contribution in [0.25, 0.3) is 0 Å². The second kappa shape index (κ2) is 9.37. The quantitative estimate of drug-likeness (QED) is 0.701. The summed E-state index contributed by atoms with van der Waals surface area (Å²) < 4.78 is 0. The first-order chi connectivity index (χ1) is 9.75. The van der Waals surface area contributed by atoms with Crippen molar-refractivity contribution in [2.75, 3.05) is 32.0 Å². The molecule has 0 atom stereocenters. The molecule has 0 saturated carbocycles. The number of hydrogen-bond acceptors (Lipinski definition) is 4. The van der Waals surface area contributed by atoms with Gasteiger partial charge in [0.05, 0.1) is 5.56 Å². The highest BCUT2D eigenvalue weighted by atomic mass is 16.4. The van der Waals surface area contributed by atoms with E-state index in [9.17, 15) is 4.79 Å². The van der Waals surface area contributed by atoms with Crippen LogP contribution in [0.5, 0.6) is 0 Å². The molecule has 0 unspecified atom stereocenters. The van der Waals surface area contributed by atoms with Crippen LogP contribution in [0.1, 0.15) is 38.1 Å². The third kappa shape index (κ3) is 8.32. The van der Waals surface area contributed by atoms with Crippen LogP contribution in [0.15, 0.2) is 24.3 Å². The number of nitrogens with zero attached hydrogens (tertiary/aromatic N) is 1. The van der Waals surface area contributed by atoms with E-state index in [-0.39, 0.29) is 17.6 Å². The van der Waals surface area contributed by atoms with E-state index in [4.69, 9.17) is 15.9 Å². The number of rotatable bonds is 6. The monoisotopic (exact) mass is 296 g/mol. The summed E-state index contributed by atoms with van der Waals surface area (Å²) in [6.07, 6.45) is 0. The fourth-order valence-electron chi connectivity index (χ4n) is 1.73. The summed E-state index contributed by atoms with van der Waals surface area (Å²) >= 11 is 0. The molecular weight excluding hydrogens is 268 g/mol. The van der Waals surface area contributed by atoms with Crippen LogP contribution >= 0.6 is 0 Å². The number of nitrogens with two attached hydrogens (primary N) is 1. The zero-order valence-electron chi connectivity index (χ0n) is 13.5. The van der Waals surface area contributed by atoms with Gasteiger partial charge in [0.2, 0.25) is 0 Å². The van der Waals surface area contributed by atoms with Crippen LogP contribution in [0.3, 0.4) is 0 Å². The molecule has 21 heavy (non-hydrogen) atoms. The molecule has 5 nitrogen and oxygen atoms in total. The number of carbonyl (C=O) groups is 1.